The lowest BCUT2D eigenvalue weighted by Crippen LogP contribution is -2.12. The number of amides is 1. The third kappa shape index (κ3) is 2.81. The summed E-state index contributed by atoms with van der Waals surface area (Å²) in [5.41, 5.74) is 1.96. The molecule has 0 aliphatic rings. The van der Waals surface area contributed by atoms with Crippen LogP contribution in [0.2, 0.25) is 5.02 Å². The molecule has 0 spiro atoms. The minimum atomic E-state index is -0.230. The first kappa shape index (κ1) is 12.5. The van der Waals surface area contributed by atoms with Crippen molar-refractivity contribution in [2.45, 2.75) is 6.92 Å². The molecule has 0 bridgehead atoms. The topological polar surface area (TPSA) is 49.3 Å². The average Bonchev–Trinajstić information content (AvgIpc) is 2.32. The van der Waals surface area contributed by atoms with E-state index in [2.05, 4.69) is 5.32 Å². The quantitative estimate of drug-likeness (QED) is 0.812. The Bertz CT molecular complexity index is 596. The number of phenolic OH excluding ortho intramolecular Hbond substituents is 1. The molecule has 92 valence electrons. The molecule has 2 rings (SSSR count). The molecule has 0 heterocycles. The summed E-state index contributed by atoms with van der Waals surface area (Å²) >= 11 is 5.83. The van der Waals surface area contributed by atoms with E-state index in [4.69, 9.17) is 11.6 Å². The second-order valence-electron chi connectivity index (χ2n) is 3.96. The maximum Gasteiger partial charge on any atom is 0.255 e. The Morgan fingerprint density at radius 1 is 1.22 bits per heavy atom. The maximum absolute atomic E-state index is 12.0. The molecule has 0 unspecified atom stereocenters. The van der Waals surface area contributed by atoms with Crippen LogP contribution in [0.4, 0.5) is 5.69 Å². The number of carbonyl (C=O) groups excluding carboxylic acids is 1. The van der Waals surface area contributed by atoms with E-state index < -0.39 is 0 Å². The average molecular weight is 262 g/mol. The third-order valence-corrected chi connectivity index (χ3v) is 2.78. The fraction of sp³-hybridized carbons (Fsp3) is 0.0714. The monoisotopic (exact) mass is 261 g/mol. The molecule has 1 amide bonds. The van der Waals surface area contributed by atoms with Crippen LogP contribution in [-0.4, -0.2) is 11.0 Å². The molecule has 2 aromatic carbocycles. The van der Waals surface area contributed by atoms with Crippen LogP contribution in [-0.2, 0) is 0 Å². The van der Waals surface area contributed by atoms with Crippen molar-refractivity contribution in [3.8, 4) is 5.75 Å². The zero-order valence-corrected chi connectivity index (χ0v) is 10.5. The highest BCUT2D eigenvalue weighted by molar-refractivity contribution is 6.31. The van der Waals surface area contributed by atoms with Crippen molar-refractivity contribution in [2.75, 3.05) is 5.32 Å². The molecule has 0 atom stereocenters. The van der Waals surface area contributed by atoms with E-state index in [0.29, 0.717) is 16.3 Å². The summed E-state index contributed by atoms with van der Waals surface area (Å²) in [6.45, 7) is 1.81. The summed E-state index contributed by atoms with van der Waals surface area (Å²) in [4.78, 5) is 12.0. The number of aromatic hydroxyl groups is 1. The van der Waals surface area contributed by atoms with Gasteiger partial charge in [-0.1, -0.05) is 17.7 Å². The fourth-order valence-electron chi connectivity index (χ4n) is 1.61. The molecule has 0 radical (unpaired) electrons. The molecular weight excluding hydrogens is 250 g/mol. The molecule has 0 fully saturated rings. The molecule has 0 saturated heterocycles. The number of anilines is 1. The van der Waals surface area contributed by atoms with Crippen molar-refractivity contribution in [1.82, 2.24) is 0 Å². The summed E-state index contributed by atoms with van der Waals surface area (Å²) in [5, 5.41) is 12.6. The fourth-order valence-corrected chi connectivity index (χ4v) is 1.80. The van der Waals surface area contributed by atoms with Gasteiger partial charge in [0, 0.05) is 16.3 Å². The Morgan fingerprint density at radius 3 is 2.67 bits per heavy atom. The highest BCUT2D eigenvalue weighted by Crippen LogP contribution is 2.21. The number of hydrogen-bond donors (Lipinski definition) is 2. The molecule has 4 heteroatoms. The van der Waals surface area contributed by atoms with Crippen molar-refractivity contribution in [3.05, 3.63) is 58.6 Å². The number of benzene rings is 2. The Morgan fingerprint density at radius 2 is 2.00 bits per heavy atom. The number of carbonyl (C=O) groups is 1. The SMILES string of the molecule is Cc1cc(O)ccc1NC(=O)c1cccc(Cl)c1. The van der Waals surface area contributed by atoms with Gasteiger partial charge in [-0.05, 0) is 48.9 Å². The van der Waals surface area contributed by atoms with Gasteiger partial charge in [-0.2, -0.15) is 0 Å². The second-order valence-corrected chi connectivity index (χ2v) is 4.40. The van der Waals surface area contributed by atoms with Crippen molar-refractivity contribution < 1.29 is 9.90 Å². The van der Waals surface area contributed by atoms with Crippen molar-refractivity contribution in [3.63, 3.8) is 0 Å². The summed E-state index contributed by atoms with van der Waals surface area (Å²) in [7, 11) is 0. The Hall–Kier alpha value is -2.00. The van der Waals surface area contributed by atoms with Crippen LogP contribution in [0.15, 0.2) is 42.5 Å². The Kier molecular flexibility index (Phi) is 3.53. The molecule has 0 aliphatic carbocycles. The van der Waals surface area contributed by atoms with E-state index in [-0.39, 0.29) is 11.7 Å². The zero-order chi connectivity index (χ0) is 13.1. The number of nitrogens with one attached hydrogen (secondary N) is 1. The first-order valence-electron chi connectivity index (χ1n) is 5.43. The predicted octanol–water partition coefficient (Wildman–Crippen LogP) is 3.61. The van der Waals surface area contributed by atoms with Crippen molar-refractivity contribution in [2.24, 2.45) is 0 Å². The summed E-state index contributed by atoms with van der Waals surface area (Å²) in [6.07, 6.45) is 0. The first-order valence-corrected chi connectivity index (χ1v) is 5.80. The standard InChI is InChI=1S/C14H12ClNO2/c1-9-7-12(17)5-6-13(9)16-14(18)10-3-2-4-11(15)8-10/h2-8,17H,1H3,(H,16,18). The van der Waals surface area contributed by atoms with Crippen LogP contribution in [0.3, 0.4) is 0 Å². The minimum Gasteiger partial charge on any atom is -0.508 e. The highest BCUT2D eigenvalue weighted by atomic mass is 35.5. The van der Waals surface area contributed by atoms with Gasteiger partial charge in [0.25, 0.3) is 5.91 Å². The number of phenols is 1. The molecule has 0 saturated carbocycles. The van der Waals surface area contributed by atoms with E-state index in [0.717, 1.165) is 5.56 Å². The smallest absolute Gasteiger partial charge is 0.255 e. The van der Waals surface area contributed by atoms with Gasteiger partial charge >= 0.3 is 0 Å². The maximum atomic E-state index is 12.0. The number of halogens is 1. The van der Waals surface area contributed by atoms with E-state index in [9.17, 15) is 9.90 Å². The van der Waals surface area contributed by atoms with E-state index >= 15 is 0 Å². The highest BCUT2D eigenvalue weighted by Gasteiger charge is 2.08. The minimum absolute atomic E-state index is 0.174. The van der Waals surface area contributed by atoms with E-state index in [1.165, 1.54) is 6.07 Å². The van der Waals surface area contributed by atoms with Gasteiger partial charge in [0.2, 0.25) is 0 Å². The predicted molar refractivity (Wildman–Crippen MR) is 72.2 cm³/mol. The van der Waals surface area contributed by atoms with Crippen LogP contribution >= 0.6 is 11.6 Å². The molecule has 0 aliphatic heterocycles. The lowest BCUT2D eigenvalue weighted by molar-refractivity contribution is 0.102. The molecule has 2 aromatic rings. The van der Waals surface area contributed by atoms with E-state index in [1.807, 2.05) is 6.92 Å². The lowest BCUT2D eigenvalue weighted by Gasteiger charge is -2.08. The molecular formula is C14H12ClNO2. The van der Waals surface area contributed by atoms with Gasteiger partial charge < -0.3 is 10.4 Å². The van der Waals surface area contributed by atoms with Gasteiger partial charge in [-0.15, -0.1) is 0 Å². The van der Waals surface area contributed by atoms with Gasteiger partial charge in [-0.3, -0.25) is 4.79 Å². The van der Waals surface area contributed by atoms with Crippen LogP contribution in [0.1, 0.15) is 15.9 Å². The van der Waals surface area contributed by atoms with Crippen molar-refractivity contribution in [1.29, 1.82) is 0 Å². The summed E-state index contributed by atoms with van der Waals surface area (Å²) < 4.78 is 0. The first-order chi connectivity index (χ1) is 8.56. The van der Waals surface area contributed by atoms with Crippen LogP contribution < -0.4 is 5.32 Å². The molecule has 0 aromatic heterocycles. The summed E-state index contributed by atoms with van der Waals surface area (Å²) in [5.74, 6) is -0.0560. The second kappa shape index (κ2) is 5.10. The van der Waals surface area contributed by atoms with Gasteiger partial charge in [0.15, 0.2) is 0 Å². The van der Waals surface area contributed by atoms with E-state index in [1.54, 1.807) is 36.4 Å². The van der Waals surface area contributed by atoms with Crippen LogP contribution in [0.5, 0.6) is 5.75 Å². The third-order valence-electron chi connectivity index (χ3n) is 2.54. The van der Waals surface area contributed by atoms with Gasteiger partial charge in [0.05, 0.1) is 0 Å². The number of rotatable bonds is 2. The van der Waals surface area contributed by atoms with Crippen LogP contribution in [0.25, 0.3) is 0 Å². The number of hydrogen-bond acceptors (Lipinski definition) is 2. The number of aryl methyl sites for hydroxylation is 1. The molecule has 2 N–H and O–H groups in total. The molecule has 3 nitrogen and oxygen atoms in total. The van der Waals surface area contributed by atoms with Gasteiger partial charge in [0.1, 0.15) is 5.75 Å². The Labute approximate surface area is 110 Å². The normalized spacial score (nSPS) is 10.1. The zero-order valence-electron chi connectivity index (χ0n) is 9.77. The molecule has 18 heavy (non-hydrogen) atoms. The van der Waals surface area contributed by atoms with Crippen molar-refractivity contribution >= 4 is 23.2 Å². The lowest BCUT2D eigenvalue weighted by atomic mass is 10.1. The van der Waals surface area contributed by atoms with Gasteiger partial charge in [-0.25, -0.2) is 0 Å². The summed E-state index contributed by atoms with van der Waals surface area (Å²) in [6, 6.07) is 11.5. The Balaban J connectivity index is 2.21. The van der Waals surface area contributed by atoms with Crippen LogP contribution in [0, 0.1) is 6.92 Å². The largest absolute Gasteiger partial charge is 0.508 e.